The second-order valence-electron chi connectivity index (χ2n) is 7.51. The van der Waals surface area contributed by atoms with E-state index in [1.54, 1.807) is 12.3 Å². The fraction of sp³-hybridized carbons (Fsp3) is 0.611. The summed E-state index contributed by atoms with van der Waals surface area (Å²) in [6, 6.07) is 3.08. The molecular formula is C18H22F4N6. The normalized spacial score (nSPS) is 24.6. The van der Waals surface area contributed by atoms with Crippen LogP contribution in [-0.2, 0) is 6.67 Å². The van der Waals surface area contributed by atoms with Crippen LogP contribution in [0.5, 0.6) is 0 Å². The first-order valence-corrected chi connectivity index (χ1v) is 9.45. The van der Waals surface area contributed by atoms with Gasteiger partial charge in [0.25, 0.3) is 5.95 Å². The van der Waals surface area contributed by atoms with E-state index in [4.69, 9.17) is 0 Å². The van der Waals surface area contributed by atoms with Gasteiger partial charge in [0, 0.05) is 37.2 Å². The first kappa shape index (κ1) is 18.9. The van der Waals surface area contributed by atoms with Gasteiger partial charge in [-0.2, -0.15) is 15.1 Å². The lowest BCUT2D eigenvalue weighted by Gasteiger charge is -2.31. The van der Waals surface area contributed by atoms with Crippen molar-refractivity contribution in [2.75, 3.05) is 10.6 Å². The average Bonchev–Trinajstić information content (AvgIpc) is 3.11. The summed E-state index contributed by atoms with van der Waals surface area (Å²) in [5, 5.41) is 10.4. The van der Waals surface area contributed by atoms with E-state index in [1.807, 2.05) is 0 Å². The summed E-state index contributed by atoms with van der Waals surface area (Å²) in [4.78, 5) is 8.79. The molecule has 6 nitrogen and oxygen atoms in total. The SMILES string of the molecule is FCc1ccn(-c2nc(NC3CCC(F)(F)CC3)cc(NC3CC(F)C3)n2)n1. The van der Waals surface area contributed by atoms with Crippen LogP contribution in [0.1, 0.15) is 44.2 Å². The van der Waals surface area contributed by atoms with Crippen molar-refractivity contribution in [2.45, 2.75) is 69.4 Å². The Morgan fingerprint density at radius 2 is 1.71 bits per heavy atom. The van der Waals surface area contributed by atoms with Gasteiger partial charge in [0.2, 0.25) is 5.92 Å². The first-order valence-electron chi connectivity index (χ1n) is 9.45. The zero-order valence-corrected chi connectivity index (χ0v) is 15.2. The summed E-state index contributed by atoms with van der Waals surface area (Å²) >= 11 is 0. The van der Waals surface area contributed by atoms with E-state index in [2.05, 4.69) is 25.7 Å². The molecule has 2 aliphatic rings. The minimum Gasteiger partial charge on any atom is -0.367 e. The minimum atomic E-state index is -2.60. The van der Waals surface area contributed by atoms with Crippen LogP contribution >= 0.6 is 0 Å². The third kappa shape index (κ3) is 4.36. The summed E-state index contributed by atoms with van der Waals surface area (Å²) in [6.07, 6.45) is 1.93. The Kier molecular flexibility index (Phi) is 5.11. The van der Waals surface area contributed by atoms with Crippen molar-refractivity contribution in [3.63, 3.8) is 0 Å². The van der Waals surface area contributed by atoms with Crippen LogP contribution in [0.3, 0.4) is 0 Å². The Morgan fingerprint density at radius 3 is 2.29 bits per heavy atom. The molecule has 0 atom stereocenters. The van der Waals surface area contributed by atoms with Gasteiger partial charge < -0.3 is 10.6 Å². The second kappa shape index (κ2) is 7.56. The van der Waals surface area contributed by atoms with Crippen LogP contribution in [-0.4, -0.2) is 43.9 Å². The third-order valence-electron chi connectivity index (χ3n) is 5.20. The smallest absolute Gasteiger partial charge is 0.254 e. The molecule has 0 amide bonds. The number of nitrogens with one attached hydrogen (secondary N) is 2. The van der Waals surface area contributed by atoms with Gasteiger partial charge in [0.05, 0.1) is 5.69 Å². The summed E-state index contributed by atoms with van der Waals surface area (Å²) < 4.78 is 54.1. The van der Waals surface area contributed by atoms with Crippen LogP contribution < -0.4 is 10.6 Å². The fourth-order valence-corrected chi connectivity index (χ4v) is 3.50. The molecule has 0 unspecified atom stereocenters. The van der Waals surface area contributed by atoms with E-state index in [0.29, 0.717) is 37.3 Å². The molecule has 0 bridgehead atoms. The Bertz CT molecular complexity index is 810. The van der Waals surface area contributed by atoms with Crippen LogP contribution in [0.25, 0.3) is 5.95 Å². The van der Waals surface area contributed by atoms with Crippen LogP contribution in [0.2, 0.25) is 0 Å². The van der Waals surface area contributed by atoms with Crippen molar-refractivity contribution in [2.24, 2.45) is 0 Å². The number of rotatable bonds is 6. The van der Waals surface area contributed by atoms with E-state index in [1.165, 1.54) is 10.7 Å². The number of aromatic nitrogens is 4. The van der Waals surface area contributed by atoms with Gasteiger partial charge in [-0.1, -0.05) is 0 Å². The van der Waals surface area contributed by atoms with Gasteiger partial charge in [0.1, 0.15) is 24.5 Å². The predicted octanol–water partition coefficient (Wildman–Crippen LogP) is 4.03. The van der Waals surface area contributed by atoms with Gasteiger partial charge in [-0.05, 0) is 31.7 Å². The average molecular weight is 398 g/mol. The summed E-state index contributed by atoms with van der Waals surface area (Å²) in [7, 11) is 0. The van der Waals surface area contributed by atoms with Gasteiger partial charge in [0.15, 0.2) is 0 Å². The Hall–Kier alpha value is -2.39. The number of anilines is 2. The topological polar surface area (TPSA) is 67.7 Å². The molecule has 10 heteroatoms. The Morgan fingerprint density at radius 1 is 1.07 bits per heavy atom. The minimum absolute atomic E-state index is 0.0157. The number of hydrogen-bond acceptors (Lipinski definition) is 5. The van der Waals surface area contributed by atoms with E-state index >= 15 is 0 Å². The molecule has 0 radical (unpaired) electrons. The first-order chi connectivity index (χ1) is 13.4. The molecule has 2 fully saturated rings. The van der Waals surface area contributed by atoms with Crippen LogP contribution in [0, 0.1) is 0 Å². The Labute approximate surface area is 159 Å². The molecule has 152 valence electrons. The van der Waals surface area contributed by atoms with Crippen LogP contribution in [0.4, 0.5) is 29.2 Å². The maximum Gasteiger partial charge on any atom is 0.254 e. The lowest BCUT2D eigenvalue weighted by atomic mass is 9.91. The molecule has 28 heavy (non-hydrogen) atoms. The van der Waals surface area contributed by atoms with Gasteiger partial charge >= 0.3 is 0 Å². The highest BCUT2D eigenvalue weighted by Crippen LogP contribution is 2.34. The van der Waals surface area contributed by atoms with Crippen LogP contribution in [0.15, 0.2) is 18.3 Å². The van der Waals surface area contributed by atoms with Gasteiger partial charge in [-0.15, -0.1) is 0 Å². The van der Waals surface area contributed by atoms with Crippen molar-refractivity contribution in [3.8, 4) is 5.95 Å². The number of hydrogen-bond donors (Lipinski definition) is 2. The predicted molar refractivity (Wildman–Crippen MR) is 96.3 cm³/mol. The molecule has 2 saturated carbocycles. The molecule has 2 aromatic heterocycles. The molecule has 0 aliphatic heterocycles. The molecule has 2 aliphatic carbocycles. The number of halogens is 4. The van der Waals surface area contributed by atoms with Crippen molar-refractivity contribution >= 4 is 11.6 Å². The summed E-state index contributed by atoms with van der Waals surface area (Å²) in [6.45, 7) is -0.702. The summed E-state index contributed by atoms with van der Waals surface area (Å²) in [5.74, 6) is -1.42. The highest BCUT2D eigenvalue weighted by molar-refractivity contribution is 5.51. The maximum atomic E-state index is 13.4. The largest absolute Gasteiger partial charge is 0.367 e. The highest BCUT2D eigenvalue weighted by atomic mass is 19.3. The molecule has 2 N–H and O–H groups in total. The fourth-order valence-electron chi connectivity index (χ4n) is 3.50. The Balaban J connectivity index is 1.54. The monoisotopic (exact) mass is 398 g/mol. The lowest BCUT2D eigenvalue weighted by Crippen LogP contribution is -2.37. The van der Waals surface area contributed by atoms with Crippen molar-refractivity contribution in [1.82, 2.24) is 19.7 Å². The number of alkyl halides is 4. The molecule has 2 aromatic rings. The third-order valence-corrected chi connectivity index (χ3v) is 5.20. The van der Waals surface area contributed by atoms with Gasteiger partial charge in [-0.3, -0.25) is 0 Å². The molecular weight excluding hydrogens is 376 g/mol. The maximum absolute atomic E-state index is 13.4. The van der Waals surface area contributed by atoms with E-state index in [9.17, 15) is 17.6 Å². The zero-order chi connectivity index (χ0) is 19.7. The second-order valence-corrected chi connectivity index (χ2v) is 7.51. The molecule has 2 heterocycles. The van der Waals surface area contributed by atoms with E-state index in [0.717, 1.165) is 0 Å². The highest BCUT2D eigenvalue weighted by Gasteiger charge is 2.35. The van der Waals surface area contributed by atoms with Crippen molar-refractivity contribution in [1.29, 1.82) is 0 Å². The van der Waals surface area contributed by atoms with E-state index < -0.39 is 18.8 Å². The number of nitrogens with zero attached hydrogens (tertiary/aromatic N) is 4. The standard InChI is InChI=1S/C18H22F4N6/c19-10-13-3-6-28(27-13)17-25-15(23-12-1-4-18(21,22)5-2-12)9-16(26-17)24-14-7-11(20)8-14/h3,6,9,11-12,14H,1-2,4-5,7-8,10H2,(H2,23,24,25,26). The lowest BCUT2D eigenvalue weighted by molar-refractivity contribution is -0.0361. The quantitative estimate of drug-likeness (QED) is 0.719. The van der Waals surface area contributed by atoms with Crippen molar-refractivity contribution < 1.29 is 17.6 Å². The molecule has 0 spiro atoms. The van der Waals surface area contributed by atoms with Crippen molar-refractivity contribution in [3.05, 3.63) is 24.0 Å². The van der Waals surface area contributed by atoms with E-state index in [-0.39, 0.29) is 36.6 Å². The summed E-state index contributed by atoms with van der Waals surface area (Å²) in [5.41, 5.74) is 0.255. The van der Waals surface area contributed by atoms with Gasteiger partial charge in [-0.25, -0.2) is 22.2 Å². The zero-order valence-electron chi connectivity index (χ0n) is 15.2. The molecule has 4 rings (SSSR count). The molecule has 0 saturated heterocycles. The molecule has 0 aromatic carbocycles.